The first kappa shape index (κ1) is 19.3. The molecule has 2 aromatic heterocycles. The third-order valence-corrected chi connectivity index (χ3v) is 3.81. The topological polar surface area (TPSA) is 84.7 Å². The summed E-state index contributed by atoms with van der Waals surface area (Å²) < 4.78 is 1.53. The molecule has 0 spiro atoms. The van der Waals surface area contributed by atoms with Crippen LogP contribution in [0.2, 0.25) is 0 Å². The third kappa shape index (κ3) is 4.63. The summed E-state index contributed by atoms with van der Waals surface area (Å²) in [4.78, 5) is 20.4. The van der Waals surface area contributed by atoms with Crippen molar-refractivity contribution in [3.05, 3.63) is 36.5 Å². The van der Waals surface area contributed by atoms with Gasteiger partial charge in [-0.25, -0.2) is 14.6 Å². The number of hydrogen-bond acceptors (Lipinski definition) is 5. The Labute approximate surface area is 147 Å². The van der Waals surface area contributed by atoms with Crippen LogP contribution in [0.1, 0.15) is 23.7 Å². The SMILES string of the molecule is CC1CCNCC1NC(=O)c1ccnc(-n2cncn2)c1.Cl.Cl. The van der Waals surface area contributed by atoms with Gasteiger partial charge in [-0.05, 0) is 31.0 Å². The molecule has 2 aromatic rings. The van der Waals surface area contributed by atoms with E-state index in [1.165, 1.54) is 11.0 Å². The van der Waals surface area contributed by atoms with Gasteiger partial charge in [0, 0.05) is 24.3 Å². The molecule has 1 aliphatic heterocycles. The van der Waals surface area contributed by atoms with Crippen molar-refractivity contribution in [2.45, 2.75) is 19.4 Å². The van der Waals surface area contributed by atoms with Crippen molar-refractivity contribution in [2.24, 2.45) is 5.92 Å². The van der Waals surface area contributed by atoms with Crippen molar-refractivity contribution in [1.29, 1.82) is 0 Å². The number of halogens is 2. The molecule has 0 radical (unpaired) electrons. The number of carbonyl (C=O) groups excluding carboxylic acids is 1. The maximum Gasteiger partial charge on any atom is 0.251 e. The van der Waals surface area contributed by atoms with Crippen molar-refractivity contribution in [1.82, 2.24) is 30.4 Å². The number of carbonyl (C=O) groups is 1. The van der Waals surface area contributed by atoms with Crippen LogP contribution in [0.4, 0.5) is 0 Å². The van der Waals surface area contributed by atoms with Gasteiger partial charge in [-0.3, -0.25) is 4.79 Å². The fraction of sp³-hybridized carbons (Fsp3) is 0.429. The van der Waals surface area contributed by atoms with Crippen LogP contribution in [0, 0.1) is 5.92 Å². The normalized spacial score (nSPS) is 20.0. The predicted molar refractivity (Wildman–Crippen MR) is 91.6 cm³/mol. The second-order valence-electron chi connectivity index (χ2n) is 5.29. The van der Waals surface area contributed by atoms with Gasteiger partial charge >= 0.3 is 0 Å². The highest BCUT2D eigenvalue weighted by Crippen LogP contribution is 2.12. The van der Waals surface area contributed by atoms with Crippen LogP contribution in [0.25, 0.3) is 5.82 Å². The van der Waals surface area contributed by atoms with E-state index in [4.69, 9.17) is 0 Å². The highest BCUT2D eigenvalue weighted by atomic mass is 35.5. The molecule has 1 fully saturated rings. The summed E-state index contributed by atoms with van der Waals surface area (Å²) in [6.07, 6.45) is 5.67. The van der Waals surface area contributed by atoms with Gasteiger partial charge in [-0.2, -0.15) is 5.10 Å². The van der Waals surface area contributed by atoms with Gasteiger partial charge in [0.25, 0.3) is 5.91 Å². The van der Waals surface area contributed by atoms with Crippen LogP contribution in [-0.4, -0.2) is 44.8 Å². The van der Waals surface area contributed by atoms with E-state index >= 15 is 0 Å². The van der Waals surface area contributed by atoms with Gasteiger partial charge in [0.2, 0.25) is 0 Å². The molecule has 126 valence electrons. The van der Waals surface area contributed by atoms with E-state index in [0.717, 1.165) is 19.5 Å². The molecule has 2 N–H and O–H groups in total. The van der Waals surface area contributed by atoms with Crippen molar-refractivity contribution < 1.29 is 4.79 Å². The first-order valence-electron chi connectivity index (χ1n) is 7.06. The van der Waals surface area contributed by atoms with Crippen molar-refractivity contribution in [3.63, 3.8) is 0 Å². The molecule has 9 heteroatoms. The lowest BCUT2D eigenvalue weighted by Gasteiger charge is -2.30. The van der Waals surface area contributed by atoms with Crippen LogP contribution in [0.15, 0.2) is 31.0 Å². The van der Waals surface area contributed by atoms with Gasteiger partial charge in [0.1, 0.15) is 12.7 Å². The predicted octanol–water partition coefficient (Wildman–Crippen LogP) is 1.23. The number of piperidine rings is 1. The first-order valence-corrected chi connectivity index (χ1v) is 7.06. The van der Waals surface area contributed by atoms with Crippen LogP contribution < -0.4 is 10.6 Å². The van der Waals surface area contributed by atoms with Gasteiger partial charge < -0.3 is 10.6 Å². The Hall–Kier alpha value is -1.70. The quantitative estimate of drug-likeness (QED) is 0.861. The van der Waals surface area contributed by atoms with Gasteiger partial charge in [0.05, 0.1) is 0 Å². The minimum atomic E-state index is -0.0840. The zero-order chi connectivity index (χ0) is 14.7. The Bertz CT molecular complexity index is 621. The van der Waals surface area contributed by atoms with Gasteiger partial charge in [0.15, 0.2) is 5.82 Å². The lowest BCUT2D eigenvalue weighted by molar-refractivity contribution is 0.0915. The Morgan fingerprint density at radius 1 is 1.43 bits per heavy atom. The number of rotatable bonds is 3. The molecule has 2 unspecified atom stereocenters. The van der Waals surface area contributed by atoms with Crippen molar-refractivity contribution >= 4 is 30.7 Å². The Morgan fingerprint density at radius 2 is 2.26 bits per heavy atom. The molecule has 1 aliphatic rings. The van der Waals surface area contributed by atoms with Crippen LogP contribution in [0.5, 0.6) is 0 Å². The summed E-state index contributed by atoms with van der Waals surface area (Å²) in [6.45, 7) is 3.99. The van der Waals surface area contributed by atoms with E-state index in [2.05, 4.69) is 32.6 Å². The van der Waals surface area contributed by atoms with Crippen LogP contribution >= 0.6 is 24.8 Å². The average molecular weight is 359 g/mol. The summed E-state index contributed by atoms with van der Waals surface area (Å²) in [7, 11) is 0. The number of hydrogen-bond donors (Lipinski definition) is 2. The molecule has 2 atom stereocenters. The molecule has 1 saturated heterocycles. The minimum Gasteiger partial charge on any atom is -0.348 e. The second-order valence-corrected chi connectivity index (χ2v) is 5.29. The van der Waals surface area contributed by atoms with E-state index in [1.807, 2.05) is 0 Å². The fourth-order valence-corrected chi connectivity index (χ4v) is 2.45. The highest BCUT2D eigenvalue weighted by Gasteiger charge is 2.23. The second kappa shape index (κ2) is 8.81. The average Bonchev–Trinajstić information content (AvgIpc) is 3.04. The lowest BCUT2D eigenvalue weighted by Crippen LogP contribution is -2.50. The summed E-state index contributed by atoms with van der Waals surface area (Å²) in [6, 6.07) is 3.58. The number of pyridine rings is 1. The lowest BCUT2D eigenvalue weighted by atomic mass is 9.94. The summed E-state index contributed by atoms with van der Waals surface area (Å²) in [5.41, 5.74) is 0.577. The number of amides is 1. The highest BCUT2D eigenvalue weighted by molar-refractivity contribution is 5.94. The minimum absolute atomic E-state index is 0. The number of aromatic nitrogens is 4. The Kier molecular flexibility index (Phi) is 7.41. The molecule has 7 nitrogen and oxygen atoms in total. The molecular formula is C14H20Cl2N6O. The monoisotopic (exact) mass is 358 g/mol. The van der Waals surface area contributed by atoms with Crippen LogP contribution in [0.3, 0.4) is 0 Å². The Morgan fingerprint density at radius 3 is 2.96 bits per heavy atom. The third-order valence-electron chi connectivity index (χ3n) is 3.81. The molecule has 0 bridgehead atoms. The molecule has 0 aromatic carbocycles. The smallest absolute Gasteiger partial charge is 0.251 e. The zero-order valence-corrected chi connectivity index (χ0v) is 14.3. The molecule has 3 rings (SSSR count). The summed E-state index contributed by atoms with van der Waals surface area (Å²) in [5, 5.41) is 10.4. The maximum absolute atomic E-state index is 12.4. The largest absolute Gasteiger partial charge is 0.348 e. The summed E-state index contributed by atoms with van der Waals surface area (Å²) in [5.74, 6) is 0.973. The standard InChI is InChI=1S/C14H18N6O.2ClH/c1-10-2-4-15-7-12(10)19-14(21)11-3-5-17-13(6-11)20-9-16-8-18-20;;/h3,5-6,8-10,12,15H,2,4,7H2,1H3,(H,19,21);2*1H. The molecule has 0 aliphatic carbocycles. The van der Waals surface area contributed by atoms with E-state index in [9.17, 15) is 4.79 Å². The van der Waals surface area contributed by atoms with E-state index in [-0.39, 0.29) is 36.8 Å². The molecule has 1 amide bonds. The number of nitrogens with one attached hydrogen (secondary N) is 2. The molecule has 0 saturated carbocycles. The van der Waals surface area contributed by atoms with E-state index < -0.39 is 0 Å². The van der Waals surface area contributed by atoms with Gasteiger partial charge in [-0.15, -0.1) is 24.8 Å². The van der Waals surface area contributed by atoms with E-state index in [1.54, 1.807) is 24.7 Å². The fourth-order valence-electron chi connectivity index (χ4n) is 2.45. The number of nitrogens with zero attached hydrogens (tertiary/aromatic N) is 4. The molecule has 3 heterocycles. The van der Waals surface area contributed by atoms with Crippen molar-refractivity contribution in [2.75, 3.05) is 13.1 Å². The zero-order valence-electron chi connectivity index (χ0n) is 12.7. The molecular weight excluding hydrogens is 339 g/mol. The first-order chi connectivity index (χ1) is 10.2. The summed E-state index contributed by atoms with van der Waals surface area (Å²) >= 11 is 0. The van der Waals surface area contributed by atoms with Crippen molar-refractivity contribution in [3.8, 4) is 5.82 Å². The van der Waals surface area contributed by atoms with E-state index in [0.29, 0.717) is 17.3 Å². The molecule has 23 heavy (non-hydrogen) atoms. The Balaban J connectivity index is 0.00000132. The van der Waals surface area contributed by atoms with Crippen LogP contribution in [-0.2, 0) is 0 Å². The maximum atomic E-state index is 12.4. The van der Waals surface area contributed by atoms with Gasteiger partial charge in [-0.1, -0.05) is 6.92 Å².